The maximum Gasteiger partial charge on any atom is 0.338 e. The van der Waals surface area contributed by atoms with Gasteiger partial charge in [-0.3, -0.25) is 9.36 Å². The van der Waals surface area contributed by atoms with Crippen LogP contribution in [0.15, 0.2) is 96.4 Å². The Morgan fingerprint density at radius 2 is 2.00 bits per heavy atom. The number of carbonyl (C=O) groups excluding carboxylic acids is 1. The molecule has 0 saturated heterocycles. The van der Waals surface area contributed by atoms with Gasteiger partial charge in [0, 0.05) is 6.08 Å². The van der Waals surface area contributed by atoms with Crippen LogP contribution < -0.4 is 14.9 Å². The summed E-state index contributed by atoms with van der Waals surface area (Å²) in [5.41, 5.74) is 2.71. The number of carbonyl (C=O) groups is 1. The summed E-state index contributed by atoms with van der Waals surface area (Å²) in [6.45, 7) is 3.58. The third kappa shape index (κ3) is 4.75. The number of halogens is 1. The third-order valence-electron chi connectivity index (χ3n) is 6.14. The Kier molecular flexibility index (Phi) is 6.53. The number of para-hydroxylation sites is 2. The van der Waals surface area contributed by atoms with E-state index in [-0.39, 0.29) is 17.7 Å². The van der Waals surface area contributed by atoms with Gasteiger partial charge >= 0.3 is 5.97 Å². The summed E-state index contributed by atoms with van der Waals surface area (Å²) in [4.78, 5) is 39.4. The highest BCUT2D eigenvalue weighted by molar-refractivity contribution is 7.99. The normalized spacial score (nSPS) is 15.5. The molecule has 4 heterocycles. The minimum atomic E-state index is -0.807. The zero-order chi connectivity index (χ0) is 27.1. The number of ether oxygens (including phenoxy) is 1. The number of nitrogens with zero attached hydrogens (tertiary/aromatic N) is 3. The fourth-order valence-corrected chi connectivity index (χ4v) is 6.22. The number of furan rings is 1. The number of allylic oxidation sites excluding steroid dienone is 1. The number of nitrogens with one attached hydrogen (secondary N) is 1. The lowest BCUT2D eigenvalue weighted by atomic mass is 9.96. The molecule has 196 valence electrons. The standard InChI is InChI=1S/C28H21FN4O4S2/c1-3-36-26(35)23-15(2)30-28-33(24(23)16-8-10-17(29)11-9-16)25(34)21(38-28)14-18-12-13-22(37-18)39-27-31-19-6-4-5-7-20(19)32-27/h4-14,24H,3H2,1-2H3,(H,31,32)/b21-14+/t24-/m1/s1. The average molecular weight is 561 g/mol. The van der Waals surface area contributed by atoms with Crippen molar-refractivity contribution >= 4 is 46.2 Å². The lowest BCUT2D eigenvalue weighted by Gasteiger charge is -2.24. The van der Waals surface area contributed by atoms with Gasteiger partial charge in [0.1, 0.15) is 11.6 Å². The number of hydrogen-bond donors (Lipinski definition) is 1. The van der Waals surface area contributed by atoms with Gasteiger partial charge in [-0.1, -0.05) is 35.6 Å². The molecule has 2 aromatic carbocycles. The molecule has 5 aromatic rings. The highest BCUT2D eigenvalue weighted by Crippen LogP contribution is 2.31. The van der Waals surface area contributed by atoms with Crippen LogP contribution in [0.25, 0.3) is 17.1 Å². The van der Waals surface area contributed by atoms with Crippen LogP contribution in [0.5, 0.6) is 0 Å². The Morgan fingerprint density at radius 3 is 2.77 bits per heavy atom. The number of aromatic nitrogens is 3. The number of benzene rings is 2. The van der Waals surface area contributed by atoms with E-state index in [4.69, 9.17) is 9.15 Å². The summed E-state index contributed by atoms with van der Waals surface area (Å²) in [5.74, 6) is -0.502. The molecule has 1 aliphatic heterocycles. The van der Waals surface area contributed by atoms with E-state index in [0.717, 1.165) is 11.0 Å². The number of fused-ring (bicyclic) bond motifs is 2. The topological polar surface area (TPSA) is 102 Å². The summed E-state index contributed by atoms with van der Waals surface area (Å²) in [6, 6.07) is 16.2. The van der Waals surface area contributed by atoms with Crippen LogP contribution >= 0.6 is 23.1 Å². The van der Waals surface area contributed by atoms with Crippen LogP contribution in [0, 0.1) is 5.82 Å². The highest BCUT2D eigenvalue weighted by Gasteiger charge is 2.33. The number of aromatic amines is 1. The Balaban J connectivity index is 1.39. The van der Waals surface area contributed by atoms with Gasteiger partial charge in [0.05, 0.1) is 39.5 Å². The van der Waals surface area contributed by atoms with Crippen LogP contribution in [-0.2, 0) is 9.53 Å². The van der Waals surface area contributed by atoms with E-state index in [2.05, 4.69) is 15.0 Å². The van der Waals surface area contributed by atoms with Gasteiger partial charge in [-0.25, -0.2) is 19.2 Å². The molecule has 6 rings (SSSR count). The minimum Gasteiger partial charge on any atom is -0.463 e. The number of thiazole rings is 1. The summed E-state index contributed by atoms with van der Waals surface area (Å²) in [6.07, 6.45) is 1.65. The van der Waals surface area contributed by atoms with Crippen molar-refractivity contribution in [1.29, 1.82) is 0 Å². The van der Waals surface area contributed by atoms with E-state index in [1.165, 1.54) is 39.8 Å². The number of H-pyrrole nitrogens is 1. The number of esters is 1. The lowest BCUT2D eigenvalue weighted by Crippen LogP contribution is -2.39. The predicted molar refractivity (Wildman–Crippen MR) is 146 cm³/mol. The first-order valence-electron chi connectivity index (χ1n) is 12.1. The second-order valence-corrected chi connectivity index (χ2v) is 10.7. The molecule has 11 heteroatoms. The SMILES string of the molecule is CCOC(=O)C1=C(C)N=c2s/c(=C/c3ccc(Sc4nc5ccccc5[nH]4)o3)c(=O)n2[C@@H]1c1ccc(F)cc1. The molecule has 0 amide bonds. The summed E-state index contributed by atoms with van der Waals surface area (Å²) >= 11 is 2.53. The van der Waals surface area contributed by atoms with Crippen molar-refractivity contribution < 1.29 is 18.3 Å². The molecule has 39 heavy (non-hydrogen) atoms. The number of rotatable bonds is 6. The lowest BCUT2D eigenvalue weighted by molar-refractivity contribution is -0.139. The average Bonchev–Trinajstić information content (AvgIpc) is 3.61. The molecule has 0 spiro atoms. The predicted octanol–water partition coefficient (Wildman–Crippen LogP) is 4.56. The molecule has 3 aromatic heterocycles. The molecule has 0 bridgehead atoms. The minimum absolute atomic E-state index is 0.170. The molecular formula is C28H21FN4O4S2. The molecule has 0 unspecified atom stereocenters. The largest absolute Gasteiger partial charge is 0.463 e. The van der Waals surface area contributed by atoms with Gasteiger partial charge in [-0.15, -0.1) is 0 Å². The van der Waals surface area contributed by atoms with Gasteiger partial charge in [0.2, 0.25) is 0 Å². The Hall–Kier alpha value is -4.22. The quantitative estimate of drug-likeness (QED) is 0.306. The first kappa shape index (κ1) is 25.1. The molecule has 0 radical (unpaired) electrons. The van der Waals surface area contributed by atoms with Crippen LogP contribution in [0.1, 0.15) is 31.2 Å². The summed E-state index contributed by atoms with van der Waals surface area (Å²) in [7, 11) is 0. The first-order chi connectivity index (χ1) is 18.9. The molecule has 0 aliphatic carbocycles. The second kappa shape index (κ2) is 10.2. The van der Waals surface area contributed by atoms with E-state index in [9.17, 15) is 14.0 Å². The van der Waals surface area contributed by atoms with E-state index >= 15 is 0 Å². The van der Waals surface area contributed by atoms with E-state index in [1.807, 2.05) is 30.3 Å². The van der Waals surface area contributed by atoms with Crippen LogP contribution in [-0.4, -0.2) is 27.1 Å². The van der Waals surface area contributed by atoms with Gasteiger partial charge in [0.15, 0.2) is 15.1 Å². The van der Waals surface area contributed by atoms with Gasteiger partial charge in [-0.05, 0) is 67.6 Å². The van der Waals surface area contributed by atoms with Crippen molar-refractivity contribution in [3.05, 3.63) is 109 Å². The van der Waals surface area contributed by atoms with E-state index in [0.29, 0.717) is 36.6 Å². The van der Waals surface area contributed by atoms with Crippen molar-refractivity contribution in [3.8, 4) is 0 Å². The number of hydrogen-bond acceptors (Lipinski definition) is 8. The molecule has 0 saturated carbocycles. The fraction of sp³-hybridized carbons (Fsp3) is 0.143. The van der Waals surface area contributed by atoms with Crippen molar-refractivity contribution in [1.82, 2.24) is 14.5 Å². The Morgan fingerprint density at radius 1 is 1.21 bits per heavy atom. The molecule has 1 atom stereocenters. The molecule has 0 fully saturated rings. The molecule has 1 N–H and O–H groups in total. The van der Waals surface area contributed by atoms with Crippen molar-refractivity contribution in [2.45, 2.75) is 30.1 Å². The second-order valence-electron chi connectivity index (χ2n) is 8.67. The maximum absolute atomic E-state index is 13.7. The number of imidazole rings is 1. The van der Waals surface area contributed by atoms with Gasteiger partial charge in [-0.2, -0.15) is 0 Å². The fourth-order valence-electron chi connectivity index (χ4n) is 4.42. The smallest absolute Gasteiger partial charge is 0.338 e. The highest BCUT2D eigenvalue weighted by atomic mass is 32.2. The monoisotopic (exact) mass is 560 g/mol. The summed E-state index contributed by atoms with van der Waals surface area (Å²) in [5, 5.41) is 1.30. The van der Waals surface area contributed by atoms with Crippen molar-refractivity contribution in [2.24, 2.45) is 4.99 Å². The Bertz CT molecular complexity index is 1900. The van der Waals surface area contributed by atoms with Crippen molar-refractivity contribution in [2.75, 3.05) is 6.61 Å². The van der Waals surface area contributed by atoms with Crippen LogP contribution in [0.3, 0.4) is 0 Å². The van der Waals surface area contributed by atoms with E-state index < -0.39 is 17.8 Å². The van der Waals surface area contributed by atoms with Gasteiger partial charge in [0.25, 0.3) is 5.56 Å². The molecule has 1 aliphatic rings. The first-order valence-corrected chi connectivity index (χ1v) is 13.7. The van der Waals surface area contributed by atoms with E-state index in [1.54, 1.807) is 38.1 Å². The molecule has 8 nitrogen and oxygen atoms in total. The van der Waals surface area contributed by atoms with Crippen molar-refractivity contribution in [3.63, 3.8) is 0 Å². The zero-order valence-electron chi connectivity index (χ0n) is 20.8. The van der Waals surface area contributed by atoms with Crippen LogP contribution in [0.4, 0.5) is 4.39 Å². The summed E-state index contributed by atoms with van der Waals surface area (Å²) < 4.78 is 26.8. The Labute approximate surface area is 229 Å². The van der Waals surface area contributed by atoms with Crippen LogP contribution in [0.2, 0.25) is 0 Å². The van der Waals surface area contributed by atoms with Gasteiger partial charge < -0.3 is 14.1 Å². The molecular weight excluding hydrogens is 539 g/mol. The zero-order valence-corrected chi connectivity index (χ0v) is 22.4. The maximum atomic E-state index is 13.7. The third-order valence-corrected chi connectivity index (χ3v) is 7.93.